The van der Waals surface area contributed by atoms with Crippen LogP contribution in [0.5, 0.6) is 5.75 Å². The molecule has 0 unspecified atom stereocenters. The molecule has 0 saturated carbocycles. The van der Waals surface area contributed by atoms with Crippen LogP contribution in [0.15, 0.2) is 58.9 Å². The largest absolute Gasteiger partial charge is 0.497 e. The van der Waals surface area contributed by atoms with Crippen molar-refractivity contribution >= 4 is 29.3 Å². The number of aromatic amines is 1. The van der Waals surface area contributed by atoms with Crippen molar-refractivity contribution in [2.45, 2.75) is 18.6 Å². The highest BCUT2D eigenvalue weighted by Crippen LogP contribution is 2.14. The number of H-pyrrole nitrogens is 1. The van der Waals surface area contributed by atoms with Crippen molar-refractivity contribution in [2.24, 2.45) is 5.10 Å². The molecule has 0 atom stereocenters. The first-order valence-electron chi connectivity index (χ1n) is 8.80. The number of benzene rings is 1. The Morgan fingerprint density at radius 3 is 2.79 bits per heavy atom. The van der Waals surface area contributed by atoms with Crippen molar-refractivity contribution in [1.29, 1.82) is 0 Å². The number of hydrogen-bond acceptors (Lipinski definition) is 8. The molecule has 1 amide bonds. The average Bonchev–Trinajstić information content (AvgIpc) is 3.23. The Morgan fingerprint density at radius 2 is 2.07 bits per heavy atom. The molecule has 3 N–H and O–H groups in total. The molecule has 0 aliphatic carbocycles. The molecular formula is C19H21N7O2S. The SMILES string of the molecule is COc1ccc(CNC(=O)CSc2n[nH]c(N/N=C(\C)c3ccccn3)n2)cc1. The van der Waals surface area contributed by atoms with Gasteiger partial charge >= 0.3 is 0 Å². The number of anilines is 1. The highest BCUT2D eigenvalue weighted by molar-refractivity contribution is 7.99. The van der Waals surface area contributed by atoms with Gasteiger partial charge in [-0.2, -0.15) is 10.1 Å². The van der Waals surface area contributed by atoms with Crippen LogP contribution in [0.3, 0.4) is 0 Å². The summed E-state index contributed by atoms with van der Waals surface area (Å²) in [6, 6.07) is 13.1. The number of methoxy groups -OCH3 is 1. The molecule has 0 fully saturated rings. The number of nitrogens with one attached hydrogen (secondary N) is 3. The fraction of sp³-hybridized carbons (Fsp3) is 0.211. The third kappa shape index (κ3) is 6.32. The zero-order chi connectivity index (χ0) is 20.5. The Balaban J connectivity index is 1.43. The first kappa shape index (κ1) is 20.3. The molecular weight excluding hydrogens is 390 g/mol. The topological polar surface area (TPSA) is 117 Å². The summed E-state index contributed by atoms with van der Waals surface area (Å²) in [7, 11) is 1.62. The molecule has 150 valence electrons. The first-order chi connectivity index (χ1) is 14.1. The quantitative estimate of drug-likeness (QED) is 0.281. The van der Waals surface area contributed by atoms with Crippen molar-refractivity contribution in [2.75, 3.05) is 18.3 Å². The van der Waals surface area contributed by atoms with Gasteiger partial charge in [-0.25, -0.2) is 10.5 Å². The monoisotopic (exact) mass is 411 g/mol. The lowest BCUT2D eigenvalue weighted by Crippen LogP contribution is -2.24. The Bertz CT molecular complexity index is 958. The van der Waals surface area contributed by atoms with Crippen LogP contribution < -0.4 is 15.5 Å². The fourth-order valence-corrected chi connectivity index (χ4v) is 2.89. The van der Waals surface area contributed by atoms with Gasteiger partial charge < -0.3 is 10.1 Å². The van der Waals surface area contributed by atoms with Gasteiger partial charge in [0.15, 0.2) is 0 Å². The number of amides is 1. The van der Waals surface area contributed by atoms with Crippen LogP contribution in [0.1, 0.15) is 18.2 Å². The number of carbonyl (C=O) groups excluding carboxylic acids is 1. The van der Waals surface area contributed by atoms with Crippen LogP contribution in [-0.2, 0) is 11.3 Å². The van der Waals surface area contributed by atoms with E-state index in [9.17, 15) is 4.79 Å². The average molecular weight is 411 g/mol. The van der Waals surface area contributed by atoms with Gasteiger partial charge in [0.25, 0.3) is 0 Å². The Kier molecular flexibility index (Phi) is 7.17. The van der Waals surface area contributed by atoms with Crippen molar-refractivity contribution in [3.05, 3.63) is 59.9 Å². The zero-order valence-electron chi connectivity index (χ0n) is 16.0. The molecule has 1 aromatic carbocycles. The Labute approximate surface area is 172 Å². The van der Waals surface area contributed by atoms with Gasteiger partial charge in [0, 0.05) is 12.7 Å². The highest BCUT2D eigenvalue weighted by Gasteiger charge is 2.08. The molecule has 9 nitrogen and oxygen atoms in total. The van der Waals surface area contributed by atoms with Crippen molar-refractivity contribution in [3.8, 4) is 5.75 Å². The number of carbonyl (C=O) groups is 1. The Morgan fingerprint density at radius 1 is 1.24 bits per heavy atom. The number of thioether (sulfide) groups is 1. The number of hydrazone groups is 1. The third-order valence-electron chi connectivity index (χ3n) is 3.81. The molecule has 0 spiro atoms. The maximum atomic E-state index is 12.0. The molecule has 3 rings (SSSR count). The minimum absolute atomic E-state index is 0.103. The summed E-state index contributed by atoms with van der Waals surface area (Å²) in [4.78, 5) is 20.5. The summed E-state index contributed by atoms with van der Waals surface area (Å²) in [5.41, 5.74) is 5.28. The second-order valence-corrected chi connectivity index (χ2v) is 6.85. The molecule has 0 radical (unpaired) electrons. The van der Waals surface area contributed by atoms with Crippen LogP contribution in [0, 0.1) is 0 Å². The standard InChI is InChI=1S/C19H21N7O2S/c1-13(16-5-3-4-10-20-16)23-24-18-22-19(26-25-18)29-12-17(27)21-11-14-6-8-15(28-2)9-7-14/h3-10H,11-12H2,1-2H3,(H,21,27)(H2,22,24,25,26)/b23-13+. The molecule has 0 bridgehead atoms. The van der Waals surface area contributed by atoms with Gasteiger partial charge in [0.05, 0.1) is 24.3 Å². The predicted molar refractivity (Wildman–Crippen MR) is 112 cm³/mol. The van der Waals surface area contributed by atoms with E-state index in [4.69, 9.17) is 4.74 Å². The van der Waals surface area contributed by atoms with Crippen LogP contribution in [0.25, 0.3) is 0 Å². The molecule has 29 heavy (non-hydrogen) atoms. The lowest BCUT2D eigenvalue weighted by Gasteiger charge is -2.05. The van der Waals surface area contributed by atoms with Gasteiger partial charge in [-0.15, -0.1) is 5.10 Å². The van der Waals surface area contributed by atoms with E-state index in [2.05, 4.69) is 36.0 Å². The van der Waals surface area contributed by atoms with Gasteiger partial charge in [-0.1, -0.05) is 30.0 Å². The van der Waals surface area contributed by atoms with E-state index in [-0.39, 0.29) is 11.7 Å². The normalized spacial score (nSPS) is 11.2. The number of aromatic nitrogens is 4. The maximum absolute atomic E-state index is 12.0. The van der Waals surface area contributed by atoms with E-state index in [1.165, 1.54) is 11.8 Å². The second kappa shape index (κ2) is 10.2. The van der Waals surface area contributed by atoms with Crippen molar-refractivity contribution in [1.82, 2.24) is 25.5 Å². The first-order valence-corrected chi connectivity index (χ1v) is 9.79. The number of nitrogens with zero attached hydrogens (tertiary/aromatic N) is 4. The molecule has 0 saturated heterocycles. The van der Waals surface area contributed by atoms with Crippen LogP contribution >= 0.6 is 11.8 Å². The number of hydrogen-bond donors (Lipinski definition) is 3. The molecule has 10 heteroatoms. The lowest BCUT2D eigenvalue weighted by molar-refractivity contribution is -0.118. The van der Waals surface area contributed by atoms with E-state index in [1.807, 2.05) is 49.4 Å². The number of pyridine rings is 1. The van der Waals surface area contributed by atoms with Gasteiger partial charge in [0.2, 0.25) is 17.0 Å². The highest BCUT2D eigenvalue weighted by atomic mass is 32.2. The van der Waals surface area contributed by atoms with Crippen LogP contribution in [0.2, 0.25) is 0 Å². The second-order valence-electron chi connectivity index (χ2n) is 5.90. The van der Waals surface area contributed by atoms with E-state index < -0.39 is 0 Å². The smallest absolute Gasteiger partial charge is 0.240 e. The fourth-order valence-electron chi connectivity index (χ4n) is 2.26. The number of ether oxygens (including phenoxy) is 1. The summed E-state index contributed by atoms with van der Waals surface area (Å²) in [5.74, 6) is 1.28. The van der Waals surface area contributed by atoms with E-state index in [1.54, 1.807) is 13.3 Å². The summed E-state index contributed by atoms with van der Waals surface area (Å²) in [6.45, 7) is 2.29. The zero-order valence-corrected chi connectivity index (χ0v) is 16.9. The van der Waals surface area contributed by atoms with Gasteiger partial charge in [-0.3, -0.25) is 9.78 Å². The van der Waals surface area contributed by atoms with E-state index in [0.29, 0.717) is 23.4 Å². The minimum atomic E-state index is -0.103. The van der Waals surface area contributed by atoms with Crippen LogP contribution in [-0.4, -0.2) is 44.6 Å². The summed E-state index contributed by atoms with van der Waals surface area (Å²) < 4.78 is 5.11. The Hall–Kier alpha value is -3.40. The van der Waals surface area contributed by atoms with Crippen molar-refractivity contribution < 1.29 is 9.53 Å². The summed E-state index contributed by atoms with van der Waals surface area (Å²) in [6.07, 6.45) is 1.71. The lowest BCUT2D eigenvalue weighted by atomic mass is 10.2. The molecule has 3 aromatic rings. The van der Waals surface area contributed by atoms with Crippen LogP contribution in [0.4, 0.5) is 5.95 Å². The summed E-state index contributed by atoms with van der Waals surface area (Å²) in [5, 5.41) is 14.3. The maximum Gasteiger partial charge on any atom is 0.240 e. The van der Waals surface area contributed by atoms with Gasteiger partial charge in [-0.05, 0) is 36.8 Å². The van der Waals surface area contributed by atoms with E-state index >= 15 is 0 Å². The van der Waals surface area contributed by atoms with E-state index in [0.717, 1.165) is 17.0 Å². The molecule has 0 aliphatic rings. The molecule has 0 aliphatic heterocycles. The molecule has 2 aromatic heterocycles. The number of rotatable bonds is 9. The predicted octanol–water partition coefficient (Wildman–Crippen LogP) is 2.45. The van der Waals surface area contributed by atoms with Gasteiger partial charge in [0.1, 0.15) is 5.75 Å². The summed E-state index contributed by atoms with van der Waals surface area (Å²) >= 11 is 1.23. The third-order valence-corrected chi connectivity index (χ3v) is 4.66. The molecule has 2 heterocycles. The minimum Gasteiger partial charge on any atom is -0.497 e. The van der Waals surface area contributed by atoms with Crippen molar-refractivity contribution in [3.63, 3.8) is 0 Å².